The number of nitrogens with zero attached hydrogens (tertiary/aromatic N) is 2. The summed E-state index contributed by atoms with van der Waals surface area (Å²) >= 11 is 3.38. The molecule has 2 aromatic carbocycles. The molecule has 0 aliphatic rings. The summed E-state index contributed by atoms with van der Waals surface area (Å²) in [5.41, 5.74) is 0.822. The molecule has 0 aliphatic heterocycles. The normalized spacial score (nSPS) is 10.7. The van der Waals surface area contributed by atoms with E-state index in [0.29, 0.717) is 28.1 Å². The molecule has 26 heavy (non-hydrogen) atoms. The van der Waals surface area contributed by atoms with Gasteiger partial charge in [-0.3, -0.25) is 14.9 Å². The number of anilines is 1. The SMILES string of the molecule is CCOc1ccc(/C=C(/C#N)C(=O)Nc2ccc([N+](=O)[O-])cc2)cc1Br. The molecule has 2 rings (SSSR count). The highest BCUT2D eigenvalue weighted by molar-refractivity contribution is 9.10. The lowest BCUT2D eigenvalue weighted by Crippen LogP contribution is -2.13. The summed E-state index contributed by atoms with van der Waals surface area (Å²) in [7, 11) is 0. The van der Waals surface area contributed by atoms with Gasteiger partial charge in [-0.1, -0.05) is 6.07 Å². The van der Waals surface area contributed by atoms with Gasteiger partial charge in [0, 0.05) is 17.8 Å². The van der Waals surface area contributed by atoms with Crippen LogP contribution in [-0.4, -0.2) is 17.4 Å². The molecule has 0 bridgehead atoms. The minimum atomic E-state index is -0.605. The second-order valence-corrected chi connectivity index (χ2v) is 5.91. The third kappa shape index (κ3) is 4.91. The van der Waals surface area contributed by atoms with Crippen LogP contribution in [0.4, 0.5) is 11.4 Å². The van der Waals surface area contributed by atoms with E-state index in [4.69, 9.17) is 4.74 Å². The topological polar surface area (TPSA) is 105 Å². The molecule has 0 aromatic heterocycles. The highest BCUT2D eigenvalue weighted by Gasteiger charge is 2.11. The fourth-order valence-electron chi connectivity index (χ4n) is 2.06. The van der Waals surface area contributed by atoms with Crippen LogP contribution in [0.2, 0.25) is 0 Å². The Labute approximate surface area is 158 Å². The number of hydrogen-bond donors (Lipinski definition) is 1. The Morgan fingerprint density at radius 1 is 1.35 bits per heavy atom. The predicted molar refractivity (Wildman–Crippen MR) is 101 cm³/mol. The number of nitrogens with one attached hydrogen (secondary N) is 1. The molecule has 2 aromatic rings. The number of carbonyl (C=O) groups is 1. The van der Waals surface area contributed by atoms with E-state index in [1.54, 1.807) is 18.2 Å². The van der Waals surface area contributed by atoms with Gasteiger partial charge in [-0.2, -0.15) is 5.26 Å². The number of nitriles is 1. The molecule has 7 nitrogen and oxygen atoms in total. The van der Waals surface area contributed by atoms with E-state index in [1.165, 1.54) is 30.3 Å². The number of rotatable bonds is 6. The maximum Gasteiger partial charge on any atom is 0.269 e. The molecule has 0 atom stereocenters. The van der Waals surface area contributed by atoms with Gasteiger partial charge in [0.1, 0.15) is 17.4 Å². The molecular weight excluding hydrogens is 402 g/mol. The summed E-state index contributed by atoms with van der Waals surface area (Å²) in [6.07, 6.45) is 1.45. The summed E-state index contributed by atoms with van der Waals surface area (Å²) in [5.74, 6) is 0.0600. The summed E-state index contributed by atoms with van der Waals surface area (Å²) in [6.45, 7) is 2.39. The van der Waals surface area contributed by atoms with Crippen molar-refractivity contribution in [3.8, 4) is 11.8 Å². The molecule has 0 heterocycles. The highest BCUT2D eigenvalue weighted by atomic mass is 79.9. The van der Waals surface area contributed by atoms with Gasteiger partial charge >= 0.3 is 0 Å². The first kappa shape index (κ1) is 19.1. The molecular formula is C18H14BrN3O4. The monoisotopic (exact) mass is 415 g/mol. The number of halogens is 1. The maximum absolute atomic E-state index is 12.2. The van der Waals surface area contributed by atoms with E-state index >= 15 is 0 Å². The predicted octanol–water partition coefficient (Wildman–Crippen LogP) is 4.30. The number of nitro benzene ring substituents is 1. The Hall–Kier alpha value is -3.18. The third-order valence-corrected chi connectivity index (χ3v) is 3.89. The van der Waals surface area contributed by atoms with Gasteiger partial charge in [0.25, 0.3) is 11.6 Å². The Balaban J connectivity index is 2.17. The van der Waals surface area contributed by atoms with Crippen LogP contribution in [0.25, 0.3) is 6.08 Å². The summed E-state index contributed by atoms with van der Waals surface area (Å²) < 4.78 is 6.13. The first-order valence-electron chi connectivity index (χ1n) is 7.54. The van der Waals surface area contributed by atoms with Gasteiger partial charge in [0.2, 0.25) is 0 Å². The van der Waals surface area contributed by atoms with Crippen LogP contribution in [0.5, 0.6) is 5.75 Å². The number of non-ortho nitro benzene ring substituents is 1. The fourth-order valence-corrected chi connectivity index (χ4v) is 2.57. The van der Waals surface area contributed by atoms with Crippen LogP contribution < -0.4 is 10.1 Å². The maximum atomic E-state index is 12.2. The van der Waals surface area contributed by atoms with Crippen molar-refractivity contribution in [2.24, 2.45) is 0 Å². The summed E-state index contributed by atoms with van der Waals surface area (Å²) in [4.78, 5) is 22.4. The molecule has 1 amide bonds. The molecule has 0 fully saturated rings. The molecule has 0 unspecified atom stereocenters. The lowest BCUT2D eigenvalue weighted by Gasteiger charge is -2.07. The minimum absolute atomic E-state index is 0.0849. The van der Waals surface area contributed by atoms with Crippen molar-refractivity contribution in [1.29, 1.82) is 5.26 Å². The van der Waals surface area contributed by atoms with Crippen LogP contribution in [0.1, 0.15) is 12.5 Å². The second kappa shape index (κ2) is 8.78. The first-order valence-corrected chi connectivity index (χ1v) is 8.34. The quantitative estimate of drug-likeness (QED) is 0.327. The average Bonchev–Trinajstić information content (AvgIpc) is 2.62. The van der Waals surface area contributed by atoms with Gasteiger partial charge in [-0.25, -0.2) is 0 Å². The minimum Gasteiger partial charge on any atom is -0.493 e. The lowest BCUT2D eigenvalue weighted by molar-refractivity contribution is -0.384. The van der Waals surface area contributed by atoms with Crippen molar-refractivity contribution in [3.63, 3.8) is 0 Å². The second-order valence-electron chi connectivity index (χ2n) is 5.05. The third-order valence-electron chi connectivity index (χ3n) is 3.27. The first-order chi connectivity index (χ1) is 12.4. The zero-order chi connectivity index (χ0) is 19.1. The summed E-state index contributed by atoms with van der Waals surface area (Å²) in [6, 6.07) is 12.4. The molecule has 8 heteroatoms. The van der Waals surface area contributed by atoms with E-state index in [2.05, 4.69) is 21.2 Å². The van der Waals surface area contributed by atoms with Crippen molar-refractivity contribution in [1.82, 2.24) is 0 Å². The highest BCUT2D eigenvalue weighted by Crippen LogP contribution is 2.27. The molecule has 0 saturated heterocycles. The van der Waals surface area contributed by atoms with Crippen molar-refractivity contribution >= 4 is 39.3 Å². The Morgan fingerprint density at radius 3 is 2.58 bits per heavy atom. The number of hydrogen-bond acceptors (Lipinski definition) is 5. The van der Waals surface area contributed by atoms with Crippen LogP contribution in [0, 0.1) is 21.4 Å². The number of nitro groups is 1. The smallest absolute Gasteiger partial charge is 0.269 e. The van der Waals surface area contributed by atoms with Crippen LogP contribution in [0.15, 0.2) is 52.5 Å². The number of carbonyl (C=O) groups excluding carboxylic acids is 1. The van der Waals surface area contributed by atoms with E-state index in [-0.39, 0.29) is 11.3 Å². The van der Waals surface area contributed by atoms with Gasteiger partial charge in [0.15, 0.2) is 0 Å². The molecule has 0 saturated carbocycles. The average molecular weight is 416 g/mol. The number of ether oxygens (including phenoxy) is 1. The molecule has 1 N–H and O–H groups in total. The van der Waals surface area contributed by atoms with Crippen LogP contribution in [0.3, 0.4) is 0 Å². The molecule has 0 aliphatic carbocycles. The molecule has 0 spiro atoms. The zero-order valence-electron chi connectivity index (χ0n) is 13.7. The van der Waals surface area contributed by atoms with Gasteiger partial charge in [-0.05, 0) is 58.8 Å². The number of benzene rings is 2. The Bertz CT molecular complexity index is 902. The van der Waals surface area contributed by atoms with Crippen molar-refractivity contribution in [3.05, 3.63) is 68.2 Å². The van der Waals surface area contributed by atoms with E-state index in [0.717, 1.165) is 0 Å². The molecule has 0 radical (unpaired) electrons. The van der Waals surface area contributed by atoms with Crippen LogP contribution >= 0.6 is 15.9 Å². The van der Waals surface area contributed by atoms with Crippen molar-refractivity contribution < 1.29 is 14.5 Å². The fraction of sp³-hybridized carbons (Fsp3) is 0.111. The Morgan fingerprint density at radius 2 is 2.04 bits per heavy atom. The van der Waals surface area contributed by atoms with Crippen molar-refractivity contribution in [2.75, 3.05) is 11.9 Å². The zero-order valence-corrected chi connectivity index (χ0v) is 15.3. The van der Waals surface area contributed by atoms with Crippen molar-refractivity contribution in [2.45, 2.75) is 6.92 Å². The van der Waals surface area contributed by atoms with Crippen LogP contribution in [-0.2, 0) is 4.79 Å². The van der Waals surface area contributed by atoms with Gasteiger partial charge in [-0.15, -0.1) is 0 Å². The molecule has 132 valence electrons. The Kier molecular flexibility index (Phi) is 6.47. The summed E-state index contributed by atoms with van der Waals surface area (Å²) in [5, 5.41) is 22.4. The standard InChI is InChI=1S/C18H14BrN3O4/c1-2-26-17-8-3-12(10-16(17)19)9-13(11-20)18(23)21-14-4-6-15(7-5-14)22(24)25/h3-10H,2H2,1H3,(H,21,23)/b13-9-. The van der Waals surface area contributed by atoms with E-state index < -0.39 is 10.8 Å². The van der Waals surface area contributed by atoms with Gasteiger partial charge in [0.05, 0.1) is 16.0 Å². The van der Waals surface area contributed by atoms with E-state index in [1.807, 2.05) is 13.0 Å². The van der Waals surface area contributed by atoms with Gasteiger partial charge < -0.3 is 10.1 Å². The lowest BCUT2D eigenvalue weighted by atomic mass is 10.1. The number of amides is 1. The largest absolute Gasteiger partial charge is 0.493 e. The van der Waals surface area contributed by atoms with E-state index in [9.17, 15) is 20.2 Å².